The normalized spacial score (nSPS) is 21.7. The van der Waals surface area contributed by atoms with Gasteiger partial charge in [0.2, 0.25) is 0 Å². The van der Waals surface area contributed by atoms with Crippen LogP contribution in [0.2, 0.25) is 0 Å². The van der Waals surface area contributed by atoms with Gasteiger partial charge in [-0.15, -0.1) is 5.10 Å². The van der Waals surface area contributed by atoms with Crippen molar-refractivity contribution >= 4 is 10.9 Å². The molecular weight excluding hydrogens is 392 g/mol. The zero-order valence-corrected chi connectivity index (χ0v) is 18.3. The van der Waals surface area contributed by atoms with Crippen molar-refractivity contribution in [3.63, 3.8) is 0 Å². The number of piperidine rings is 1. The Morgan fingerprint density at radius 2 is 2.06 bits per heavy atom. The maximum absolute atomic E-state index is 13.3. The van der Waals surface area contributed by atoms with Gasteiger partial charge >= 0.3 is 0 Å². The van der Waals surface area contributed by atoms with E-state index in [9.17, 15) is 4.79 Å². The van der Waals surface area contributed by atoms with Gasteiger partial charge in [0.25, 0.3) is 5.56 Å². The minimum Gasteiger partial charge on any atom is -0.376 e. The summed E-state index contributed by atoms with van der Waals surface area (Å²) < 4.78 is 7.67. The fourth-order valence-electron chi connectivity index (χ4n) is 4.84. The van der Waals surface area contributed by atoms with Crippen LogP contribution in [0.25, 0.3) is 10.9 Å². The van der Waals surface area contributed by atoms with Crippen LogP contribution in [0.1, 0.15) is 55.6 Å². The molecule has 0 saturated carbocycles. The number of hydrogen-bond acceptors (Lipinski definition) is 6. The Morgan fingerprint density at radius 3 is 2.84 bits per heavy atom. The molecule has 0 bridgehead atoms. The molecule has 8 nitrogen and oxygen atoms in total. The van der Waals surface area contributed by atoms with Crippen LogP contribution in [-0.4, -0.2) is 55.9 Å². The van der Waals surface area contributed by atoms with Crippen LogP contribution in [0, 0.1) is 12.8 Å². The zero-order chi connectivity index (χ0) is 21.4. The number of nitrogens with one attached hydrogen (secondary N) is 1. The molecule has 1 aromatic carbocycles. The number of H-pyrrole nitrogens is 1. The third-order valence-corrected chi connectivity index (χ3v) is 6.71. The summed E-state index contributed by atoms with van der Waals surface area (Å²) in [4.78, 5) is 18.7. The number of tetrazole rings is 1. The average molecular weight is 423 g/mol. The minimum absolute atomic E-state index is 0.0756. The fourth-order valence-corrected chi connectivity index (χ4v) is 4.84. The third-order valence-electron chi connectivity index (χ3n) is 6.71. The monoisotopic (exact) mass is 422 g/mol. The molecule has 8 heteroatoms. The Morgan fingerprint density at radius 1 is 1.23 bits per heavy atom. The predicted molar refractivity (Wildman–Crippen MR) is 118 cm³/mol. The summed E-state index contributed by atoms with van der Waals surface area (Å²) in [5.74, 6) is 1.42. The Kier molecular flexibility index (Phi) is 5.58. The SMILES string of the molecule is Cc1ccc2cc([C@H](c3nnnn3C[C@H]3CCCO3)N3CCC(C)CC3)c(=O)[nH]c2c1. The number of aromatic amines is 1. The first kappa shape index (κ1) is 20.3. The minimum atomic E-state index is -0.279. The third kappa shape index (κ3) is 4.14. The highest BCUT2D eigenvalue weighted by Crippen LogP contribution is 2.31. The van der Waals surface area contributed by atoms with Crippen LogP contribution in [-0.2, 0) is 11.3 Å². The summed E-state index contributed by atoms with van der Waals surface area (Å²) in [6.07, 6.45) is 4.42. The summed E-state index contributed by atoms with van der Waals surface area (Å²) in [6, 6.07) is 7.89. The second kappa shape index (κ2) is 8.51. The van der Waals surface area contributed by atoms with Crippen molar-refractivity contribution in [3.05, 3.63) is 51.6 Å². The molecule has 0 radical (unpaired) electrons. The molecule has 4 heterocycles. The number of pyridine rings is 1. The van der Waals surface area contributed by atoms with Crippen molar-refractivity contribution < 1.29 is 4.74 Å². The molecule has 2 atom stereocenters. The van der Waals surface area contributed by atoms with Crippen molar-refractivity contribution in [2.24, 2.45) is 5.92 Å². The summed E-state index contributed by atoms with van der Waals surface area (Å²) >= 11 is 0. The van der Waals surface area contributed by atoms with Gasteiger partial charge in [0.05, 0.1) is 12.6 Å². The van der Waals surface area contributed by atoms with Gasteiger partial charge in [0.15, 0.2) is 5.82 Å². The van der Waals surface area contributed by atoms with Gasteiger partial charge in [-0.3, -0.25) is 9.69 Å². The van der Waals surface area contributed by atoms with E-state index in [0.717, 1.165) is 67.7 Å². The van der Waals surface area contributed by atoms with Crippen LogP contribution in [0.4, 0.5) is 0 Å². The number of aromatic nitrogens is 5. The lowest BCUT2D eigenvalue weighted by Gasteiger charge is -2.36. The molecule has 31 heavy (non-hydrogen) atoms. The maximum Gasteiger partial charge on any atom is 0.253 e. The summed E-state index contributed by atoms with van der Waals surface area (Å²) in [7, 11) is 0. The van der Waals surface area contributed by atoms with Crippen molar-refractivity contribution in [2.45, 2.75) is 58.2 Å². The molecule has 0 aliphatic carbocycles. The molecule has 2 aliphatic heterocycles. The molecular formula is C23H30N6O2. The second-order valence-corrected chi connectivity index (χ2v) is 9.12. The number of rotatable bonds is 5. The first-order valence-electron chi connectivity index (χ1n) is 11.3. The lowest BCUT2D eigenvalue weighted by molar-refractivity contribution is 0.0894. The van der Waals surface area contributed by atoms with Crippen LogP contribution >= 0.6 is 0 Å². The van der Waals surface area contributed by atoms with Gasteiger partial charge in [-0.1, -0.05) is 19.1 Å². The second-order valence-electron chi connectivity index (χ2n) is 9.12. The highest BCUT2D eigenvalue weighted by atomic mass is 16.5. The van der Waals surface area contributed by atoms with Crippen LogP contribution < -0.4 is 5.56 Å². The molecule has 1 N–H and O–H groups in total. The molecule has 164 valence electrons. The topological polar surface area (TPSA) is 88.9 Å². The molecule has 0 amide bonds. The highest BCUT2D eigenvalue weighted by Gasteiger charge is 2.33. The van der Waals surface area contributed by atoms with Gasteiger partial charge in [-0.25, -0.2) is 4.68 Å². The van der Waals surface area contributed by atoms with E-state index >= 15 is 0 Å². The molecule has 5 rings (SSSR count). The van der Waals surface area contributed by atoms with E-state index in [-0.39, 0.29) is 17.7 Å². The van der Waals surface area contributed by atoms with Crippen molar-refractivity contribution in [3.8, 4) is 0 Å². The van der Waals surface area contributed by atoms with E-state index in [0.29, 0.717) is 18.0 Å². The number of benzene rings is 1. The molecule has 2 aliphatic rings. The van der Waals surface area contributed by atoms with Crippen molar-refractivity contribution in [1.29, 1.82) is 0 Å². The molecule has 3 aromatic rings. The van der Waals surface area contributed by atoms with Crippen molar-refractivity contribution in [1.82, 2.24) is 30.1 Å². The first-order valence-corrected chi connectivity index (χ1v) is 11.3. The molecule has 2 aromatic heterocycles. The van der Waals surface area contributed by atoms with Gasteiger partial charge in [-0.2, -0.15) is 0 Å². The zero-order valence-electron chi connectivity index (χ0n) is 18.3. The smallest absolute Gasteiger partial charge is 0.253 e. The summed E-state index contributed by atoms with van der Waals surface area (Å²) in [5.41, 5.74) is 2.61. The van der Waals surface area contributed by atoms with Crippen molar-refractivity contribution in [2.75, 3.05) is 19.7 Å². The number of nitrogens with zero attached hydrogens (tertiary/aromatic N) is 5. The lowest BCUT2D eigenvalue weighted by atomic mass is 9.95. The average Bonchev–Trinajstić information content (AvgIpc) is 3.43. The lowest BCUT2D eigenvalue weighted by Crippen LogP contribution is -2.40. The Balaban J connectivity index is 1.58. The number of hydrogen-bond donors (Lipinski definition) is 1. The van der Waals surface area contributed by atoms with E-state index in [1.807, 2.05) is 23.7 Å². The first-order chi connectivity index (χ1) is 15.1. The van der Waals surface area contributed by atoms with Gasteiger partial charge in [0, 0.05) is 17.7 Å². The Hall–Kier alpha value is -2.58. The van der Waals surface area contributed by atoms with Gasteiger partial charge < -0.3 is 9.72 Å². The number of aryl methyl sites for hydroxylation is 1. The quantitative estimate of drug-likeness (QED) is 0.680. The van der Waals surface area contributed by atoms with E-state index < -0.39 is 0 Å². The Bertz CT molecular complexity index is 1110. The van der Waals surface area contributed by atoms with E-state index in [2.05, 4.69) is 44.5 Å². The fraction of sp³-hybridized carbons (Fsp3) is 0.565. The summed E-state index contributed by atoms with van der Waals surface area (Å²) in [6.45, 7) is 7.57. The molecule has 0 spiro atoms. The summed E-state index contributed by atoms with van der Waals surface area (Å²) in [5, 5.41) is 13.7. The highest BCUT2D eigenvalue weighted by molar-refractivity contribution is 5.79. The number of ether oxygens (including phenoxy) is 1. The standard InChI is InChI=1S/C23H30N6O2/c1-15-7-9-28(10-8-15)21(22-25-26-27-29(22)14-18-4-3-11-31-18)19-13-17-6-5-16(2)12-20(17)24-23(19)30/h5-6,12-13,15,18,21H,3-4,7-11,14H2,1-2H3,(H,24,30)/t18-,21-/m1/s1. The molecule has 2 fully saturated rings. The van der Waals surface area contributed by atoms with Crippen LogP contribution in [0.15, 0.2) is 29.1 Å². The van der Waals surface area contributed by atoms with E-state index in [1.165, 1.54) is 0 Å². The van der Waals surface area contributed by atoms with E-state index in [4.69, 9.17) is 4.74 Å². The maximum atomic E-state index is 13.3. The van der Waals surface area contributed by atoms with Crippen LogP contribution in [0.5, 0.6) is 0 Å². The molecule has 0 unspecified atom stereocenters. The predicted octanol–water partition coefficient (Wildman–Crippen LogP) is 2.82. The van der Waals surface area contributed by atoms with Gasteiger partial charge in [-0.05, 0) is 85.1 Å². The molecule has 2 saturated heterocycles. The number of fused-ring (bicyclic) bond motifs is 1. The number of likely N-dealkylation sites (tertiary alicyclic amines) is 1. The van der Waals surface area contributed by atoms with Gasteiger partial charge in [0.1, 0.15) is 6.04 Å². The largest absolute Gasteiger partial charge is 0.376 e. The Labute approximate surface area is 181 Å². The van der Waals surface area contributed by atoms with E-state index in [1.54, 1.807) is 0 Å². The van der Waals surface area contributed by atoms with Crippen LogP contribution in [0.3, 0.4) is 0 Å².